The van der Waals surface area contributed by atoms with Crippen LogP contribution in [0.5, 0.6) is 5.75 Å². The molecule has 0 saturated carbocycles. The average molecular weight is 176 g/mol. The van der Waals surface area contributed by atoms with Gasteiger partial charge >= 0.3 is 0 Å². The number of benzene rings is 1. The predicted octanol–water partition coefficient (Wildman–Crippen LogP) is 2.32. The van der Waals surface area contributed by atoms with E-state index < -0.39 is 0 Å². The average Bonchev–Trinajstić information content (AvgIpc) is 2.97. The number of methoxy groups -OCH3 is 1. The molecule has 1 saturated heterocycles. The zero-order valence-electron chi connectivity index (χ0n) is 7.57. The van der Waals surface area contributed by atoms with E-state index in [0.29, 0.717) is 0 Å². The van der Waals surface area contributed by atoms with Gasteiger partial charge in [-0.15, -0.1) is 6.58 Å². The molecule has 2 rings (SSSR count). The highest BCUT2D eigenvalue weighted by molar-refractivity contribution is 5.31. The van der Waals surface area contributed by atoms with Gasteiger partial charge in [-0.3, -0.25) is 0 Å². The lowest BCUT2D eigenvalue weighted by molar-refractivity contribution is 0.393. The Balaban J connectivity index is 2.11. The highest BCUT2D eigenvalue weighted by Gasteiger charge is 2.37. The Morgan fingerprint density at radius 3 is 2.54 bits per heavy atom. The molecule has 0 radical (unpaired) electrons. The molecule has 1 aromatic carbocycles. The van der Waals surface area contributed by atoms with Crippen LogP contribution in [0.4, 0.5) is 0 Å². The molecule has 0 unspecified atom stereocenters. The first-order chi connectivity index (χ1) is 6.35. The van der Waals surface area contributed by atoms with E-state index in [1.807, 2.05) is 30.3 Å². The van der Waals surface area contributed by atoms with E-state index in [1.54, 1.807) is 7.11 Å². The minimum Gasteiger partial charge on any atom is -0.497 e. The summed E-state index contributed by atoms with van der Waals surface area (Å²) in [5, 5.41) is 0. The largest absolute Gasteiger partial charge is 0.497 e. The van der Waals surface area contributed by atoms with Crippen molar-refractivity contribution in [3.05, 3.63) is 42.5 Å². The molecule has 1 fully saturated rings. The van der Waals surface area contributed by atoms with E-state index in [4.69, 9.17) is 9.47 Å². The van der Waals surface area contributed by atoms with Gasteiger partial charge in [-0.2, -0.15) is 0 Å². The van der Waals surface area contributed by atoms with E-state index in [-0.39, 0.29) is 12.2 Å². The maximum absolute atomic E-state index is 5.37. The molecule has 0 N–H and O–H groups in total. The molecule has 0 amide bonds. The molecule has 1 aliphatic rings. The Kier molecular flexibility index (Phi) is 2.07. The molecule has 2 heteroatoms. The second-order valence-corrected chi connectivity index (χ2v) is 3.03. The first-order valence-electron chi connectivity index (χ1n) is 4.27. The number of rotatable bonds is 3. The van der Waals surface area contributed by atoms with Crippen molar-refractivity contribution in [1.29, 1.82) is 0 Å². The predicted molar refractivity (Wildman–Crippen MR) is 50.8 cm³/mol. The Hall–Kier alpha value is -1.28. The molecule has 68 valence electrons. The minimum atomic E-state index is 0.202. The van der Waals surface area contributed by atoms with Gasteiger partial charge in [-0.05, 0) is 17.7 Å². The molecule has 0 bridgehead atoms. The minimum absolute atomic E-state index is 0.202. The molecule has 13 heavy (non-hydrogen) atoms. The monoisotopic (exact) mass is 176 g/mol. The SMILES string of the molecule is C=C[C@H]1O[C@H]1c1ccc(OC)cc1. The van der Waals surface area contributed by atoms with Gasteiger partial charge in [0.15, 0.2) is 0 Å². The Bertz CT molecular complexity index is 302. The van der Waals surface area contributed by atoms with Gasteiger partial charge in [-0.25, -0.2) is 0 Å². The number of epoxide rings is 1. The van der Waals surface area contributed by atoms with Crippen LogP contribution in [-0.2, 0) is 4.74 Å². The van der Waals surface area contributed by atoms with E-state index >= 15 is 0 Å². The summed E-state index contributed by atoms with van der Waals surface area (Å²) in [5.41, 5.74) is 1.19. The van der Waals surface area contributed by atoms with Gasteiger partial charge in [0.2, 0.25) is 0 Å². The highest BCUT2D eigenvalue weighted by Crippen LogP contribution is 2.39. The lowest BCUT2D eigenvalue weighted by atomic mass is 10.1. The van der Waals surface area contributed by atoms with Crippen molar-refractivity contribution < 1.29 is 9.47 Å². The molecule has 1 aromatic rings. The highest BCUT2D eigenvalue weighted by atomic mass is 16.6. The molecular formula is C11H12O2. The topological polar surface area (TPSA) is 21.8 Å². The first-order valence-corrected chi connectivity index (χ1v) is 4.27. The van der Waals surface area contributed by atoms with Crippen molar-refractivity contribution in [1.82, 2.24) is 0 Å². The summed E-state index contributed by atoms with van der Waals surface area (Å²) < 4.78 is 10.4. The van der Waals surface area contributed by atoms with Crippen LogP contribution in [0.25, 0.3) is 0 Å². The van der Waals surface area contributed by atoms with Crippen LogP contribution in [0.1, 0.15) is 11.7 Å². The van der Waals surface area contributed by atoms with Crippen LogP contribution in [0, 0.1) is 0 Å². The smallest absolute Gasteiger partial charge is 0.118 e. The molecular weight excluding hydrogens is 164 g/mol. The van der Waals surface area contributed by atoms with Gasteiger partial charge in [-0.1, -0.05) is 18.2 Å². The third-order valence-electron chi connectivity index (χ3n) is 2.20. The van der Waals surface area contributed by atoms with Gasteiger partial charge in [0, 0.05) is 0 Å². The molecule has 2 atom stereocenters. The summed E-state index contributed by atoms with van der Waals surface area (Å²) in [7, 11) is 1.66. The fourth-order valence-corrected chi connectivity index (χ4v) is 1.36. The van der Waals surface area contributed by atoms with Gasteiger partial charge in [0.1, 0.15) is 18.0 Å². The summed E-state index contributed by atoms with van der Waals surface area (Å²) >= 11 is 0. The standard InChI is InChI=1S/C11H12O2/c1-3-10-11(13-10)8-4-6-9(12-2)7-5-8/h3-7,10-11H,1H2,2H3/t10-,11+/m1/s1. The van der Waals surface area contributed by atoms with Gasteiger partial charge in [0.25, 0.3) is 0 Å². The first kappa shape index (κ1) is 8.32. The molecule has 0 aliphatic carbocycles. The number of hydrogen-bond donors (Lipinski definition) is 0. The summed E-state index contributed by atoms with van der Waals surface area (Å²) in [6.07, 6.45) is 2.24. The lowest BCUT2D eigenvalue weighted by Crippen LogP contribution is -1.86. The van der Waals surface area contributed by atoms with Gasteiger partial charge in [0.05, 0.1) is 7.11 Å². The van der Waals surface area contributed by atoms with Crippen LogP contribution >= 0.6 is 0 Å². The molecule has 0 aromatic heterocycles. The lowest BCUT2D eigenvalue weighted by Gasteiger charge is -1.99. The number of ether oxygens (including phenoxy) is 2. The molecule has 1 heterocycles. The Morgan fingerprint density at radius 2 is 2.08 bits per heavy atom. The Labute approximate surface area is 77.8 Å². The summed E-state index contributed by atoms with van der Waals surface area (Å²) in [4.78, 5) is 0. The maximum atomic E-state index is 5.37. The maximum Gasteiger partial charge on any atom is 0.118 e. The van der Waals surface area contributed by atoms with E-state index in [9.17, 15) is 0 Å². The summed E-state index contributed by atoms with van der Waals surface area (Å²) in [6.45, 7) is 3.68. The molecule has 1 aliphatic heterocycles. The third kappa shape index (κ3) is 1.58. The fourth-order valence-electron chi connectivity index (χ4n) is 1.36. The Morgan fingerprint density at radius 1 is 1.38 bits per heavy atom. The molecule has 2 nitrogen and oxygen atoms in total. The van der Waals surface area contributed by atoms with Crippen LogP contribution in [0.15, 0.2) is 36.9 Å². The quantitative estimate of drug-likeness (QED) is 0.520. The normalized spacial score (nSPS) is 25.3. The second-order valence-electron chi connectivity index (χ2n) is 3.03. The fraction of sp³-hybridized carbons (Fsp3) is 0.273. The van der Waals surface area contributed by atoms with Gasteiger partial charge < -0.3 is 9.47 Å². The van der Waals surface area contributed by atoms with Crippen molar-refractivity contribution in [2.45, 2.75) is 12.2 Å². The summed E-state index contributed by atoms with van der Waals surface area (Å²) in [5.74, 6) is 0.875. The van der Waals surface area contributed by atoms with Crippen LogP contribution in [-0.4, -0.2) is 13.2 Å². The van der Waals surface area contributed by atoms with E-state index in [2.05, 4.69) is 6.58 Å². The zero-order chi connectivity index (χ0) is 9.26. The number of hydrogen-bond acceptors (Lipinski definition) is 2. The van der Waals surface area contributed by atoms with Crippen molar-refractivity contribution in [2.75, 3.05) is 7.11 Å². The van der Waals surface area contributed by atoms with Crippen LogP contribution < -0.4 is 4.74 Å². The summed E-state index contributed by atoms with van der Waals surface area (Å²) in [6, 6.07) is 7.92. The third-order valence-corrected chi connectivity index (χ3v) is 2.20. The second kappa shape index (κ2) is 3.23. The van der Waals surface area contributed by atoms with Crippen molar-refractivity contribution in [2.24, 2.45) is 0 Å². The zero-order valence-corrected chi connectivity index (χ0v) is 7.57. The molecule has 0 spiro atoms. The van der Waals surface area contributed by atoms with Crippen molar-refractivity contribution in [3.8, 4) is 5.75 Å². The van der Waals surface area contributed by atoms with E-state index in [1.165, 1.54) is 5.56 Å². The van der Waals surface area contributed by atoms with Crippen molar-refractivity contribution in [3.63, 3.8) is 0 Å². The van der Waals surface area contributed by atoms with E-state index in [0.717, 1.165) is 5.75 Å². The van der Waals surface area contributed by atoms with Crippen LogP contribution in [0.3, 0.4) is 0 Å². The van der Waals surface area contributed by atoms with Crippen LogP contribution in [0.2, 0.25) is 0 Å². The van der Waals surface area contributed by atoms with Crippen molar-refractivity contribution >= 4 is 0 Å².